The van der Waals surface area contributed by atoms with Crippen LogP contribution in [0.2, 0.25) is 0 Å². The van der Waals surface area contributed by atoms with Crippen molar-refractivity contribution < 1.29 is 19.4 Å². The lowest BCUT2D eigenvalue weighted by Gasteiger charge is -2.32. The lowest BCUT2D eigenvalue weighted by Crippen LogP contribution is -2.46. The highest BCUT2D eigenvalue weighted by Gasteiger charge is 2.32. The highest BCUT2D eigenvalue weighted by molar-refractivity contribution is 5.96. The smallest absolute Gasteiger partial charge is 0.346 e. The van der Waals surface area contributed by atoms with Gasteiger partial charge in [-0.2, -0.15) is 0 Å². The van der Waals surface area contributed by atoms with E-state index in [-0.39, 0.29) is 12.5 Å². The summed E-state index contributed by atoms with van der Waals surface area (Å²) in [5, 5.41) is 8.97. The average Bonchev–Trinajstić information content (AvgIpc) is 2.36. The molecule has 0 fully saturated rings. The molecule has 1 aliphatic heterocycles. The van der Waals surface area contributed by atoms with Gasteiger partial charge in [-0.25, -0.2) is 4.79 Å². The number of fused-ring (bicyclic) bond motifs is 1. The maximum atomic E-state index is 11.8. The van der Waals surface area contributed by atoms with Gasteiger partial charge >= 0.3 is 5.97 Å². The maximum absolute atomic E-state index is 11.8. The summed E-state index contributed by atoms with van der Waals surface area (Å²) in [6.45, 7) is 1.80. The molecule has 0 bridgehead atoms. The summed E-state index contributed by atoms with van der Waals surface area (Å²) in [6, 6.07) is 6.96. The van der Waals surface area contributed by atoms with E-state index in [9.17, 15) is 9.59 Å². The number of rotatable bonds is 2. The molecule has 1 aliphatic rings. The Kier molecular flexibility index (Phi) is 2.99. The molecular weight excluding hydrogens is 222 g/mol. The van der Waals surface area contributed by atoms with E-state index in [0.717, 1.165) is 0 Å². The van der Waals surface area contributed by atoms with Gasteiger partial charge in [-0.1, -0.05) is 19.1 Å². The summed E-state index contributed by atoms with van der Waals surface area (Å²) < 4.78 is 5.32. The first-order chi connectivity index (χ1) is 8.13. The minimum absolute atomic E-state index is 0.0546. The van der Waals surface area contributed by atoms with Crippen molar-refractivity contribution in [2.45, 2.75) is 19.4 Å². The summed E-state index contributed by atoms with van der Waals surface area (Å²) in [5.74, 6) is -0.728. The molecule has 1 atom stereocenters. The first-order valence-electron chi connectivity index (χ1n) is 5.42. The third-order valence-corrected chi connectivity index (χ3v) is 2.65. The third-order valence-electron chi connectivity index (χ3n) is 2.65. The van der Waals surface area contributed by atoms with Gasteiger partial charge in [0.05, 0.1) is 12.2 Å². The summed E-state index contributed by atoms with van der Waals surface area (Å²) in [4.78, 5) is 24.2. The van der Waals surface area contributed by atoms with Crippen LogP contribution in [-0.2, 0) is 9.59 Å². The molecular formula is C12H13NO4. The van der Waals surface area contributed by atoms with E-state index in [2.05, 4.69) is 0 Å². The fraction of sp³-hybridized carbons (Fsp3) is 0.333. The number of hydrogen-bond donors (Lipinski definition) is 1. The minimum Gasteiger partial charge on any atom is -0.478 e. The van der Waals surface area contributed by atoms with Gasteiger partial charge in [0.2, 0.25) is 12.0 Å². The van der Waals surface area contributed by atoms with Gasteiger partial charge in [-0.05, 0) is 12.1 Å². The van der Waals surface area contributed by atoms with Crippen LogP contribution in [0.5, 0.6) is 5.75 Å². The Labute approximate surface area is 98.6 Å². The van der Waals surface area contributed by atoms with Crippen molar-refractivity contribution in [1.82, 2.24) is 0 Å². The molecule has 1 N–H and O–H groups in total. The quantitative estimate of drug-likeness (QED) is 0.838. The number of benzene rings is 1. The van der Waals surface area contributed by atoms with Crippen molar-refractivity contribution in [3.63, 3.8) is 0 Å². The van der Waals surface area contributed by atoms with Gasteiger partial charge in [-0.3, -0.25) is 4.79 Å². The molecule has 90 valence electrons. The van der Waals surface area contributed by atoms with E-state index in [0.29, 0.717) is 17.9 Å². The lowest BCUT2D eigenvalue weighted by molar-refractivity contribution is -0.145. The summed E-state index contributed by atoms with van der Waals surface area (Å²) in [6.07, 6.45) is -0.666. The molecule has 0 saturated carbocycles. The Morgan fingerprint density at radius 3 is 2.82 bits per heavy atom. The van der Waals surface area contributed by atoms with Crippen molar-refractivity contribution in [2.75, 3.05) is 11.4 Å². The molecule has 0 radical (unpaired) electrons. The molecule has 5 nitrogen and oxygen atoms in total. The minimum atomic E-state index is -1.06. The fourth-order valence-electron chi connectivity index (χ4n) is 1.79. The largest absolute Gasteiger partial charge is 0.478 e. The van der Waals surface area contributed by atoms with Crippen LogP contribution >= 0.6 is 0 Å². The Hall–Kier alpha value is -2.04. The number of carbonyl (C=O) groups excluding carboxylic acids is 1. The fourth-order valence-corrected chi connectivity index (χ4v) is 1.79. The van der Waals surface area contributed by atoms with Gasteiger partial charge in [0.15, 0.2) is 0 Å². The van der Waals surface area contributed by atoms with Crippen LogP contribution in [0.4, 0.5) is 5.69 Å². The number of hydrogen-bond acceptors (Lipinski definition) is 3. The van der Waals surface area contributed by atoms with Gasteiger partial charge in [0, 0.05) is 6.42 Å². The lowest BCUT2D eigenvalue weighted by atomic mass is 10.1. The van der Waals surface area contributed by atoms with Gasteiger partial charge < -0.3 is 14.7 Å². The molecule has 2 rings (SSSR count). The Bertz CT molecular complexity index is 458. The molecule has 0 aliphatic carbocycles. The Morgan fingerprint density at radius 2 is 2.18 bits per heavy atom. The zero-order valence-corrected chi connectivity index (χ0v) is 9.42. The number of nitrogens with zero attached hydrogens (tertiary/aromatic N) is 1. The molecule has 0 spiro atoms. The standard InChI is InChI=1S/C12H13NO4/c1-2-11(14)13-7-10(12(15)16)17-9-6-4-3-5-8(9)13/h3-6,10H,2,7H2,1H3,(H,15,16)/t10-/m0/s1. The number of carboxylic acid groups (broad SMARTS) is 1. The predicted molar refractivity (Wildman–Crippen MR) is 61.1 cm³/mol. The van der Waals surface area contributed by atoms with E-state index in [1.54, 1.807) is 31.2 Å². The second-order valence-electron chi connectivity index (χ2n) is 3.77. The third kappa shape index (κ3) is 2.08. The van der Waals surface area contributed by atoms with Crippen LogP contribution in [0.15, 0.2) is 24.3 Å². The SMILES string of the molecule is CCC(=O)N1C[C@@H](C(=O)O)Oc2ccccc21. The molecule has 5 heteroatoms. The van der Waals surface area contributed by atoms with Gasteiger partial charge in [0.1, 0.15) is 5.75 Å². The van der Waals surface area contributed by atoms with Crippen LogP contribution < -0.4 is 9.64 Å². The van der Waals surface area contributed by atoms with Gasteiger partial charge in [-0.15, -0.1) is 0 Å². The number of anilines is 1. The van der Waals surface area contributed by atoms with Gasteiger partial charge in [0.25, 0.3) is 0 Å². The van der Waals surface area contributed by atoms with Crippen molar-refractivity contribution in [1.29, 1.82) is 0 Å². The van der Waals surface area contributed by atoms with Crippen LogP contribution in [0.3, 0.4) is 0 Å². The molecule has 1 aromatic carbocycles. The van der Waals surface area contributed by atoms with Crippen molar-refractivity contribution in [3.05, 3.63) is 24.3 Å². The second-order valence-corrected chi connectivity index (χ2v) is 3.77. The van der Waals surface area contributed by atoms with E-state index in [1.807, 2.05) is 0 Å². The first-order valence-corrected chi connectivity index (χ1v) is 5.42. The second kappa shape index (κ2) is 4.45. The van der Waals surface area contributed by atoms with E-state index in [4.69, 9.17) is 9.84 Å². The van der Waals surface area contributed by atoms with Crippen molar-refractivity contribution in [3.8, 4) is 5.75 Å². The number of aliphatic carboxylic acids is 1. The van der Waals surface area contributed by atoms with Crippen LogP contribution in [0.1, 0.15) is 13.3 Å². The summed E-state index contributed by atoms with van der Waals surface area (Å²) >= 11 is 0. The van der Waals surface area contributed by atoms with E-state index < -0.39 is 12.1 Å². The van der Waals surface area contributed by atoms with E-state index in [1.165, 1.54) is 4.90 Å². The summed E-state index contributed by atoms with van der Waals surface area (Å²) in [7, 11) is 0. The average molecular weight is 235 g/mol. The Balaban J connectivity index is 2.39. The van der Waals surface area contributed by atoms with Crippen molar-refractivity contribution in [2.24, 2.45) is 0 Å². The maximum Gasteiger partial charge on any atom is 0.346 e. The number of amides is 1. The van der Waals surface area contributed by atoms with Crippen LogP contribution in [0, 0.1) is 0 Å². The normalized spacial score (nSPS) is 18.2. The monoisotopic (exact) mass is 235 g/mol. The number of para-hydroxylation sites is 2. The highest BCUT2D eigenvalue weighted by atomic mass is 16.5. The first kappa shape index (κ1) is 11.4. The predicted octanol–water partition coefficient (Wildman–Crippen LogP) is 1.28. The molecule has 1 heterocycles. The number of carboxylic acids is 1. The van der Waals surface area contributed by atoms with Crippen LogP contribution in [-0.4, -0.2) is 29.6 Å². The highest BCUT2D eigenvalue weighted by Crippen LogP contribution is 2.33. The molecule has 0 saturated heterocycles. The number of carbonyl (C=O) groups is 2. The Morgan fingerprint density at radius 1 is 1.47 bits per heavy atom. The molecule has 0 aromatic heterocycles. The topological polar surface area (TPSA) is 66.8 Å². The molecule has 0 unspecified atom stereocenters. The molecule has 17 heavy (non-hydrogen) atoms. The zero-order valence-electron chi connectivity index (χ0n) is 9.42. The zero-order chi connectivity index (χ0) is 12.4. The summed E-state index contributed by atoms with van der Waals surface area (Å²) in [5.41, 5.74) is 0.636. The number of ether oxygens (including phenoxy) is 1. The van der Waals surface area contributed by atoms with Crippen molar-refractivity contribution >= 4 is 17.6 Å². The van der Waals surface area contributed by atoms with Crippen LogP contribution in [0.25, 0.3) is 0 Å². The molecule has 1 amide bonds. The molecule has 1 aromatic rings. The van der Waals surface area contributed by atoms with E-state index >= 15 is 0 Å².